The zero-order valence-corrected chi connectivity index (χ0v) is 16.3. The molecule has 0 aromatic heterocycles. The van der Waals surface area contributed by atoms with Crippen LogP contribution in [0.15, 0.2) is 72.8 Å². The van der Waals surface area contributed by atoms with Crippen LogP contribution in [0.2, 0.25) is 0 Å². The first-order chi connectivity index (χ1) is 13.7. The van der Waals surface area contributed by atoms with Crippen molar-refractivity contribution in [2.24, 2.45) is 0 Å². The Morgan fingerprint density at radius 3 is 2.43 bits per heavy atom. The van der Waals surface area contributed by atoms with Gasteiger partial charge in [-0.05, 0) is 53.3 Å². The van der Waals surface area contributed by atoms with Crippen molar-refractivity contribution in [2.75, 3.05) is 11.9 Å². The zero-order valence-electron chi connectivity index (χ0n) is 16.3. The van der Waals surface area contributed by atoms with E-state index in [1.807, 2.05) is 30.3 Å². The van der Waals surface area contributed by atoms with Gasteiger partial charge in [-0.3, -0.25) is 9.69 Å². The summed E-state index contributed by atoms with van der Waals surface area (Å²) in [5.74, 6) is -0.0562. The number of nitrogens with zero attached hydrogens (tertiary/aromatic N) is 1. The molecule has 0 bridgehead atoms. The molecule has 0 spiro atoms. The molecule has 1 aliphatic heterocycles. The predicted octanol–water partition coefficient (Wildman–Crippen LogP) is 5.06. The second-order valence-corrected chi connectivity index (χ2v) is 7.39. The van der Waals surface area contributed by atoms with Gasteiger partial charge in [-0.2, -0.15) is 0 Å². The molecule has 3 heteroatoms. The first-order valence-electron chi connectivity index (χ1n) is 10.0. The van der Waals surface area contributed by atoms with E-state index in [9.17, 15) is 4.79 Å². The molecule has 4 rings (SSSR count). The van der Waals surface area contributed by atoms with E-state index in [-0.39, 0.29) is 5.91 Å². The number of carbonyl (C=O) groups is 1. The van der Waals surface area contributed by atoms with Gasteiger partial charge < -0.3 is 5.32 Å². The maximum atomic E-state index is 12.6. The second-order valence-electron chi connectivity index (χ2n) is 7.39. The van der Waals surface area contributed by atoms with Gasteiger partial charge in [0.1, 0.15) is 0 Å². The fraction of sp³-hybridized carbons (Fsp3) is 0.240. The molecule has 0 saturated carbocycles. The van der Waals surface area contributed by atoms with E-state index >= 15 is 0 Å². The molecule has 1 aliphatic rings. The average Bonchev–Trinajstić information content (AvgIpc) is 2.74. The summed E-state index contributed by atoms with van der Waals surface area (Å²) in [6.07, 6.45) is 2.00. The Bertz CT molecular complexity index is 962. The Kier molecular flexibility index (Phi) is 5.54. The van der Waals surface area contributed by atoms with Crippen molar-refractivity contribution >= 4 is 11.6 Å². The monoisotopic (exact) mass is 370 g/mol. The first kappa shape index (κ1) is 18.5. The second kappa shape index (κ2) is 8.41. The molecule has 0 unspecified atom stereocenters. The highest BCUT2D eigenvalue weighted by Gasteiger charge is 2.16. The summed E-state index contributed by atoms with van der Waals surface area (Å²) >= 11 is 0. The van der Waals surface area contributed by atoms with Crippen LogP contribution in [0.1, 0.15) is 39.5 Å². The normalized spacial score (nSPS) is 13.8. The lowest BCUT2D eigenvalue weighted by Gasteiger charge is -2.28. The molecule has 0 atom stereocenters. The molecular formula is C25H26N2O. The van der Waals surface area contributed by atoms with Crippen molar-refractivity contribution in [1.82, 2.24) is 4.90 Å². The van der Waals surface area contributed by atoms with Crippen LogP contribution in [0.3, 0.4) is 0 Å². The number of benzene rings is 3. The number of hydrogen-bond donors (Lipinski definition) is 1. The van der Waals surface area contributed by atoms with Gasteiger partial charge in [-0.1, -0.05) is 61.5 Å². The third-order valence-electron chi connectivity index (χ3n) is 5.48. The van der Waals surface area contributed by atoms with E-state index in [1.54, 1.807) is 0 Å². The van der Waals surface area contributed by atoms with Crippen LogP contribution in [0.4, 0.5) is 5.69 Å². The Morgan fingerprint density at radius 2 is 1.64 bits per heavy atom. The molecule has 0 fully saturated rings. The van der Waals surface area contributed by atoms with E-state index in [4.69, 9.17) is 0 Å². The Hall–Kier alpha value is -2.91. The number of rotatable bonds is 5. The summed E-state index contributed by atoms with van der Waals surface area (Å²) in [6, 6.07) is 24.7. The van der Waals surface area contributed by atoms with Gasteiger partial charge in [0.15, 0.2) is 0 Å². The Balaban J connectivity index is 1.39. The number of amides is 1. The summed E-state index contributed by atoms with van der Waals surface area (Å²) < 4.78 is 0. The number of anilines is 1. The number of carbonyl (C=O) groups excluding carboxylic acids is 1. The number of para-hydroxylation sites is 1. The summed E-state index contributed by atoms with van der Waals surface area (Å²) in [4.78, 5) is 15.1. The van der Waals surface area contributed by atoms with Crippen LogP contribution in [-0.2, 0) is 25.9 Å². The van der Waals surface area contributed by atoms with Gasteiger partial charge in [0.05, 0.1) is 0 Å². The van der Waals surface area contributed by atoms with Crippen LogP contribution in [0, 0.1) is 0 Å². The van der Waals surface area contributed by atoms with Crippen molar-refractivity contribution in [2.45, 2.75) is 32.9 Å². The Labute approximate surface area is 167 Å². The molecular weight excluding hydrogens is 344 g/mol. The molecule has 3 aromatic rings. The smallest absolute Gasteiger partial charge is 0.255 e. The SMILES string of the molecule is CCc1ccccc1NC(=O)c1ccc(CN2CCc3ccccc3C2)cc1. The van der Waals surface area contributed by atoms with Crippen LogP contribution >= 0.6 is 0 Å². The maximum Gasteiger partial charge on any atom is 0.255 e. The number of nitrogens with one attached hydrogen (secondary N) is 1. The largest absolute Gasteiger partial charge is 0.322 e. The quantitative estimate of drug-likeness (QED) is 0.681. The highest BCUT2D eigenvalue weighted by Crippen LogP contribution is 2.21. The van der Waals surface area contributed by atoms with E-state index in [0.717, 1.165) is 43.7 Å². The molecule has 3 nitrogen and oxygen atoms in total. The van der Waals surface area contributed by atoms with E-state index in [1.165, 1.54) is 16.7 Å². The topological polar surface area (TPSA) is 32.3 Å². The lowest BCUT2D eigenvalue weighted by atomic mass is 9.99. The van der Waals surface area contributed by atoms with Crippen molar-refractivity contribution in [3.63, 3.8) is 0 Å². The molecule has 1 N–H and O–H groups in total. The summed E-state index contributed by atoms with van der Waals surface area (Å²) in [7, 11) is 0. The molecule has 1 heterocycles. The first-order valence-corrected chi connectivity index (χ1v) is 10.0. The molecule has 0 aliphatic carbocycles. The van der Waals surface area contributed by atoms with E-state index in [2.05, 4.69) is 59.6 Å². The van der Waals surface area contributed by atoms with Crippen molar-refractivity contribution in [3.05, 3.63) is 101 Å². The highest BCUT2D eigenvalue weighted by atomic mass is 16.1. The Morgan fingerprint density at radius 1 is 0.929 bits per heavy atom. The van der Waals surface area contributed by atoms with Crippen LogP contribution < -0.4 is 5.32 Å². The minimum Gasteiger partial charge on any atom is -0.322 e. The zero-order chi connectivity index (χ0) is 19.3. The van der Waals surface area contributed by atoms with Gasteiger partial charge in [0.25, 0.3) is 5.91 Å². The van der Waals surface area contributed by atoms with Crippen molar-refractivity contribution < 1.29 is 4.79 Å². The lowest BCUT2D eigenvalue weighted by molar-refractivity contribution is 0.102. The van der Waals surface area contributed by atoms with E-state index in [0.29, 0.717) is 5.56 Å². The third kappa shape index (κ3) is 4.15. The lowest BCUT2D eigenvalue weighted by Crippen LogP contribution is -2.29. The fourth-order valence-corrected chi connectivity index (χ4v) is 3.85. The fourth-order valence-electron chi connectivity index (χ4n) is 3.85. The third-order valence-corrected chi connectivity index (χ3v) is 5.48. The van der Waals surface area contributed by atoms with Crippen molar-refractivity contribution in [1.29, 1.82) is 0 Å². The molecule has 1 amide bonds. The minimum absolute atomic E-state index is 0.0562. The van der Waals surface area contributed by atoms with Crippen molar-refractivity contribution in [3.8, 4) is 0 Å². The summed E-state index contributed by atoms with van der Waals surface area (Å²) in [5.41, 5.74) is 6.88. The van der Waals surface area contributed by atoms with Gasteiger partial charge in [0.2, 0.25) is 0 Å². The van der Waals surface area contributed by atoms with Gasteiger partial charge in [-0.25, -0.2) is 0 Å². The number of aryl methyl sites for hydroxylation is 1. The molecule has 0 radical (unpaired) electrons. The predicted molar refractivity (Wildman–Crippen MR) is 114 cm³/mol. The maximum absolute atomic E-state index is 12.6. The van der Waals surface area contributed by atoms with E-state index < -0.39 is 0 Å². The average molecular weight is 370 g/mol. The van der Waals surface area contributed by atoms with Gasteiger partial charge >= 0.3 is 0 Å². The minimum atomic E-state index is -0.0562. The molecule has 142 valence electrons. The van der Waals surface area contributed by atoms with Gasteiger partial charge in [0, 0.05) is 30.9 Å². The standard InChI is InChI=1S/C25H26N2O/c1-2-20-7-5-6-10-24(20)26-25(28)22-13-11-19(12-14-22)17-27-16-15-21-8-3-4-9-23(21)18-27/h3-14H,2,15-18H2,1H3,(H,26,28). The van der Waals surface area contributed by atoms with Gasteiger partial charge in [-0.15, -0.1) is 0 Å². The van der Waals surface area contributed by atoms with Crippen LogP contribution in [0.5, 0.6) is 0 Å². The number of fused-ring (bicyclic) bond motifs is 1. The summed E-state index contributed by atoms with van der Waals surface area (Å²) in [6.45, 7) is 5.08. The summed E-state index contributed by atoms with van der Waals surface area (Å²) in [5, 5.41) is 3.04. The highest BCUT2D eigenvalue weighted by molar-refractivity contribution is 6.04. The molecule has 0 saturated heterocycles. The van der Waals surface area contributed by atoms with Crippen LogP contribution in [-0.4, -0.2) is 17.4 Å². The van der Waals surface area contributed by atoms with Crippen LogP contribution in [0.25, 0.3) is 0 Å². The number of hydrogen-bond acceptors (Lipinski definition) is 2. The molecule has 28 heavy (non-hydrogen) atoms. The molecule has 3 aromatic carbocycles.